The zero-order valence-corrected chi connectivity index (χ0v) is 11.4. The lowest BCUT2D eigenvalue weighted by Crippen LogP contribution is -1.98. The van der Waals surface area contributed by atoms with Crippen LogP contribution in [0.5, 0.6) is 11.6 Å². The van der Waals surface area contributed by atoms with Gasteiger partial charge in [0, 0.05) is 17.6 Å². The van der Waals surface area contributed by atoms with Crippen molar-refractivity contribution >= 4 is 27.4 Å². The van der Waals surface area contributed by atoms with Gasteiger partial charge in [-0.3, -0.25) is 15.1 Å². The predicted molar refractivity (Wildman–Crippen MR) is 72.4 cm³/mol. The molecule has 0 aliphatic carbocycles. The number of anilines is 1. The number of nitrogens with one attached hydrogen (secondary N) is 1. The lowest BCUT2D eigenvalue weighted by molar-refractivity contribution is -0.385. The summed E-state index contributed by atoms with van der Waals surface area (Å²) >= 11 is 3.17. The quantitative estimate of drug-likeness (QED) is 0.686. The molecule has 0 fully saturated rings. The van der Waals surface area contributed by atoms with Crippen molar-refractivity contribution in [3.05, 3.63) is 45.2 Å². The summed E-state index contributed by atoms with van der Waals surface area (Å²) in [5, 5.41) is 13.7. The highest BCUT2D eigenvalue weighted by atomic mass is 79.9. The Labute approximate surface area is 116 Å². The topological polar surface area (TPSA) is 90.2 Å². The number of aromatic nitrogens is 2. The molecule has 1 aromatic heterocycles. The van der Waals surface area contributed by atoms with Crippen molar-refractivity contribution in [2.24, 2.45) is 0 Å². The number of benzene rings is 1. The van der Waals surface area contributed by atoms with Gasteiger partial charge in [0.15, 0.2) is 0 Å². The molecular weight excluding hydrogens is 316 g/mol. The Morgan fingerprint density at radius 1 is 1.42 bits per heavy atom. The third-order valence-electron chi connectivity index (χ3n) is 2.20. The Bertz CT molecular complexity index is 621. The van der Waals surface area contributed by atoms with E-state index in [9.17, 15) is 10.1 Å². The minimum Gasteiger partial charge on any atom is -0.430 e. The molecule has 0 bridgehead atoms. The van der Waals surface area contributed by atoms with Crippen molar-refractivity contribution < 1.29 is 9.66 Å². The molecule has 0 atom stereocenters. The first kappa shape index (κ1) is 13.2. The van der Waals surface area contributed by atoms with Gasteiger partial charge in [0.05, 0.1) is 17.3 Å². The van der Waals surface area contributed by atoms with Crippen LogP contribution in [0.3, 0.4) is 0 Å². The molecule has 0 unspecified atom stereocenters. The number of nitrogens with zero attached hydrogens (tertiary/aromatic N) is 3. The molecule has 0 spiro atoms. The van der Waals surface area contributed by atoms with E-state index in [1.165, 1.54) is 24.5 Å². The Morgan fingerprint density at radius 2 is 2.21 bits per heavy atom. The number of hydrogen-bond donors (Lipinski definition) is 1. The maximum atomic E-state index is 10.9. The Kier molecular flexibility index (Phi) is 3.91. The highest BCUT2D eigenvalue weighted by Crippen LogP contribution is 2.32. The van der Waals surface area contributed by atoms with Crippen LogP contribution in [-0.4, -0.2) is 21.9 Å². The van der Waals surface area contributed by atoms with Gasteiger partial charge in [-0.15, -0.1) is 0 Å². The molecule has 8 heteroatoms. The fourth-order valence-electron chi connectivity index (χ4n) is 1.35. The second-order valence-corrected chi connectivity index (χ2v) is 4.38. The summed E-state index contributed by atoms with van der Waals surface area (Å²) in [6.45, 7) is 0. The molecule has 0 aliphatic heterocycles. The highest BCUT2D eigenvalue weighted by molar-refractivity contribution is 9.10. The Balaban J connectivity index is 2.34. The maximum Gasteiger partial charge on any atom is 0.312 e. The third kappa shape index (κ3) is 3.16. The predicted octanol–water partition coefficient (Wildman–Crippen LogP) is 2.98. The van der Waals surface area contributed by atoms with Crippen molar-refractivity contribution in [3.8, 4) is 11.6 Å². The monoisotopic (exact) mass is 324 g/mol. The largest absolute Gasteiger partial charge is 0.430 e. The summed E-state index contributed by atoms with van der Waals surface area (Å²) in [7, 11) is 1.69. The van der Waals surface area contributed by atoms with E-state index in [0.29, 0.717) is 10.3 Å². The Morgan fingerprint density at radius 3 is 2.89 bits per heavy atom. The molecule has 1 aromatic carbocycles. The van der Waals surface area contributed by atoms with Gasteiger partial charge in [0.1, 0.15) is 5.82 Å². The van der Waals surface area contributed by atoms with E-state index in [1.54, 1.807) is 13.1 Å². The number of rotatable bonds is 4. The van der Waals surface area contributed by atoms with Gasteiger partial charge in [-0.1, -0.05) is 15.9 Å². The summed E-state index contributed by atoms with van der Waals surface area (Å²) < 4.78 is 5.99. The smallest absolute Gasteiger partial charge is 0.312 e. The number of halogens is 1. The van der Waals surface area contributed by atoms with Crippen LogP contribution < -0.4 is 10.1 Å². The molecular formula is C11H9BrN4O3. The van der Waals surface area contributed by atoms with Crippen LogP contribution in [0, 0.1) is 10.1 Å². The van der Waals surface area contributed by atoms with E-state index in [0.717, 1.165) is 0 Å². The van der Waals surface area contributed by atoms with E-state index in [-0.39, 0.29) is 17.3 Å². The number of hydrogen-bond acceptors (Lipinski definition) is 6. The lowest BCUT2D eigenvalue weighted by Gasteiger charge is -2.06. The van der Waals surface area contributed by atoms with Gasteiger partial charge in [-0.2, -0.15) is 4.98 Å². The summed E-state index contributed by atoms with van der Waals surface area (Å²) in [4.78, 5) is 18.4. The van der Waals surface area contributed by atoms with E-state index < -0.39 is 4.92 Å². The zero-order chi connectivity index (χ0) is 13.8. The molecule has 1 N–H and O–H groups in total. The molecule has 0 radical (unpaired) electrons. The molecule has 0 saturated heterocycles. The van der Waals surface area contributed by atoms with Crippen LogP contribution in [0.15, 0.2) is 35.1 Å². The van der Waals surface area contributed by atoms with Gasteiger partial charge in [-0.05, 0) is 12.1 Å². The van der Waals surface area contributed by atoms with E-state index >= 15 is 0 Å². The van der Waals surface area contributed by atoms with E-state index in [4.69, 9.17) is 4.74 Å². The van der Waals surface area contributed by atoms with Gasteiger partial charge >= 0.3 is 5.69 Å². The van der Waals surface area contributed by atoms with Crippen molar-refractivity contribution in [1.82, 2.24) is 9.97 Å². The molecule has 7 nitrogen and oxygen atoms in total. The summed E-state index contributed by atoms with van der Waals surface area (Å²) in [5.74, 6) is 0.797. The first-order valence-electron chi connectivity index (χ1n) is 5.21. The second-order valence-electron chi connectivity index (χ2n) is 3.46. The zero-order valence-electron chi connectivity index (χ0n) is 9.83. The molecule has 0 aliphatic rings. The molecule has 1 heterocycles. The number of nitro groups is 1. The summed E-state index contributed by atoms with van der Waals surface area (Å²) in [5.41, 5.74) is -0.147. The lowest BCUT2D eigenvalue weighted by atomic mass is 10.3. The van der Waals surface area contributed by atoms with Crippen molar-refractivity contribution in [2.45, 2.75) is 0 Å². The SMILES string of the molecule is CNc1cncc(Oc2ccc(Br)cc2[N+](=O)[O-])n1. The van der Waals surface area contributed by atoms with E-state index in [1.807, 2.05) is 0 Å². The normalized spacial score (nSPS) is 10.0. The van der Waals surface area contributed by atoms with Crippen LogP contribution in [0.4, 0.5) is 11.5 Å². The number of nitro benzene ring substituents is 1. The molecule has 0 amide bonds. The highest BCUT2D eigenvalue weighted by Gasteiger charge is 2.16. The fraction of sp³-hybridized carbons (Fsp3) is 0.0909. The third-order valence-corrected chi connectivity index (χ3v) is 2.69. The fourth-order valence-corrected chi connectivity index (χ4v) is 1.70. The van der Waals surface area contributed by atoms with Crippen molar-refractivity contribution in [2.75, 3.05) is 12.4 Å². The maximum absolute atomic E-state index is 10.9. The van der Waals surface area contributed by atoms with Gasteiger partial charge in [0.25, 0.3) is 0 Å². The number of ether oxygens (including phenoxy) is 1. The van der Waals surface area contributed by atoms with E-state index in [2.05, 4.69) is 31.2 Å². The molecule has 98 valence electrons. The van der Waals surface area contributed by atoms with Crippen molar-refractivity contribution in [1.29, 1.82) is 0 Å². The molecule has 2 rings (SSSR count). The van der Waals surface area contributed by atoms with Crippen LogP contribution >= 0.6 is 15.9 Å². The first-order chi connectivity index (χ1) is 9.10. The minimum absolute atomic E-state index is 0.107. The summed E-state index contributed by atoms with van der Waals surface area (Å²) in [6.07, 6.45) is 2.90. The first-order valence-corrected chi connectivity index (χ1v) is 6.01. The van der Waals surface area contributed by atoms with Crippen LogP contribution in [0.25, 0.3) is 0 Å². The van der Waals surface area contributed by atoms with Crippen LogP contribution in [-0.2, 0) is 0 Å². The molecule has 2 aromatic rings. The van der Waals surface area contributed by atoms with Gasteiger partial charge < -0.3 is 10.1 Å². The average molecular weight is 325 g/mol. The van der Waals surface area contributed by atoms with Crippen LogP contribution in [0.2, 0.25) is 0 Å². The molecule has 0 saturated carbocycles. The Hall–Kier alpha value is -2.22. The van der Waals surface area contributed by atoms with Crippen LogP contribution in [0.1, 0.15) is 0 Å². The van der Waals surface area contributed by atoms with Gasteiger partial charge in [0.2, 0.25) is 11.6 Å². The minimum atomic E-state index is -0.518. The van der Waals surface area contributed by atoms with Gasteiger partial charge in [-0.25, -0.2) is 0 Å². The van der Waals surface area contributed by atoms with Crippen molar-refractivity contribution in [3.63, 3.8) is 0 Å². The molecule has 19 heavy (non-hydrogen) atoms. The average Bonchev–Trinajstić information content (AvgIpc) is 2.41. The second kappa shape index (κ2) is 5.61. The standard InChI is InChI=1S/C11H9BrN4O3/c1-13-10-5-14-6-11(15-10)19-9-3-2-7(12)4-8(9)16(17)18/h2-6H,1H3,(H,13,15). The summed E-state index contributed by atoms with van der Waals surface area (Å²) in [6, 6.07) is 4.51.